The van der Waals surface area contributed by atoms with Crippen molar-refractivity contribution in [1.82, 2.24) is 9.78 Å². The number of nitrogens with one attached hydrogen (secondary N) is 1. The first kappa shape index (κ1) is 16.4. The van der Waals surface area contributed by atoms with E-state index in [2.05, 4.69) is 10.4 Å². The lowest BCUT2D eigenvalue weighted by atomic mass is 10.1. The van der Waals surface area contributed by atoms with Gasteiger partial charge in [0.1, 0.15) is 11.7 Å². The summed E-state index contributed by atoms with van der Waals surface area (Å²) < 4.78 is 1.14. The normalized spacial score (nSPS) is 12.2. The molecule has 1 unspecified atom stereocenters. The van der Waals surface area contributed by atoms with Crippen molar-refractivity contribution in [2.75, 3.05) is 5.32 Å². The maximum atomic E-state index is 11.2. The zero-order chi connectivity index (χ0) is 16.3. The number of nitro groups is 1. The summed E-state index contributed by atoms with van der Waals surface area (Å²) in [6.07, 6.45) is -0.714. The first-order valence-electron chi connectivity index (χ1n) is 6.07. The Kier molecular flexibility index (Phi) is 4.84. The second-order valence-corrected chi connectivity index (χ2v) is 4.75. The Balaban J connectivity index is 3.25. The summed E-state index contributed by atoms with van der Waals surface area (Å²) in [6, 6.07) is -1.49. The molecule has 1 rings (SSSR count). The number of aliphatic carboxylic acids is 2. The number of rotatable bonds is 7. The Labute approximate surface area is 119 Å². The first-order valence-corrected chi connectivity index (χ1v) is 6.07. The van der Waals surface area contributed by atoms with Crippen molar-refractivity contribution in [1.29, 1.82) is 0 Å². The van der Waals surface area contributed by atoms with Crippen molar-refractivity contribution in [2.24, 2.45) is 7.05 Å². The van der Waals surface area contributed by atoms with Crippen molar-refractivity contribution >= 4 is 23.4 Å². The number of carbonyl (C=O) groups is 2. The molecule has 0 saturated carbocycles. The van der Waals surface area contributed by atoms with Gasteiger partial charge < -0.3 is 15.5 Å². The van der Waals surface area contributed by atoms with Crippen LogP contribution in [0, 0.1) is 10.1 Å². The number of hydrogen-bond donors (Lipinski definition) is 3. The Bertz CT molecular complexity index is 580. The largest absolute Gasteiger partial charge is 0.481 e. The third-order valence-electron chi connectivity index (χ3n) is 2.77. The minimum atomic E-state index is -1.49. The van der Waals surface area contributed by atoms with Gasteiger partial charge in [0.25, 0.3) is 0 Å². The minimum Gasteiger partial charge on any atom is -0.481 e. The molecule has 1 aromatic rings. The molecule has 116 valence electrons. The average molecular weight is 300 g/mol. The second kappa shape index (κ2) is 6.20. The summed E-state index contributed by atoms with van der Waals surface area (Å²) in [7, 11) is 1.42. The van der Waals surface area contributed by atoms with Gasteiger partial charge in [0.15, 0.2) is 0 Å². The van der Waals surface area contributed by atoms with Crippen molar-refractivity contribution in [3.63, 3.8) is 0 Å². The average Bonchev–Trinajstić information content (AvgIpc) is 2.65. The van der Waals surface area contributed by atoms with E-state index in [0.717, 1.165) is 4.68 Å². The van der Waals surface area contributed by atoms with Gasteiger partial charge in [0, 0.05) is 13.0 Å². The maximum Gasteiger partial charge on any atom is 0.334 e. The van der Waals surface area contributed by atoms with E-state index in [1.165, 1.54) is 7.05 Å². The standard InChI is InChI=1S/C11H16N4O6/c1-5(2)8-9(15(20)21)10(14(3)13-8)12-6(11(18)19)4-7(16)17/h5-6,12H,4H2,1-3H3,(H,16,17)(H,18,19). The topological polar surface area (TPSA) is 148 Å². The minimum absolute atomic E-state index is 0.127. The van der Waals surface area contributed by atoms with Gasteiger partial charge in [0.05, 0.1) is 11.3 Å². The van der Waals surface area contributed by atoms with Gasteiger partial charge in [-0.15, -0.1) is 0 Å². The lowest BCUT2D eigenvalue weighted by Gasteiger charge is -2.13. The van der Waals surface area contributed by atoms with Gasteiger partial charge in [-0.25, -0.2) is 9.48 Å². The number of anilines is 1. The molecule has 0 aliphatic carbocycles. The Morgan fingerprint density at radius 2 is 2.00 bits per heavy atom. The fraction of sp³-hybridized carbons (Fsp3) is 0.545. The van der Waals surface area contributed by atoms with Gasteiger partial charge in [-0.3, -0.25) is 14.9 Å². The molecule has 10 heteroatoms. The van der Waals surface area contributed by atoms with Crippen LogP contribution in [0.3, 0.4) is 0 Å². The zero-order valence-electron chi connectivity index (χ0n) is 11.7. The summed E-state index contributed by atoms with van der Waals surface area (Å²) >= 11 is 0. The predicted molar refractivity (Wildman–Crippen MR) is 71.3 cm³/mol. The van der Waals surface area contributed by atoms with Crippen LogP contribution in [0.5, 0.6) is 0 Å². The van der Waals surface area contributed by atoms with Crippen LogP contribution in [-0.4, -0.2) is 42.9 Å². The fourth-order valence-electron chi connectivity index (χ4n) is 1.80. The maximum absolute atomic E-state index is 11.2. The first-order chi connectivity index (χ1) is 9.65. The molecule has 0 radical (unpaired) electrons. The number of aryl methyl sites for hydroxylation is 1. The van der Waals surface area contributed by atoms with Gasteiger partial charge in [-0.2, -0.15) is 5.10 Å². The van der Waals surface area contributed by atoms with Crippen LogP contribution < -0.4 is 5.32 Å². The van der Waals surface area contributed by atoms with E-state index < -0.39 is 29.3 Å². The van der Waals surface area contributed by atoms with E-state index in [0.29, 0.717) is 0 Å². The number of nitrogens with zero attached hydrogens (tertiary/aromatic N) is 3. The highest BCUT2D eigenvalue weighted by molar-refractivity contribution is 5.84. The van der Waals surface area contributed by atoms with Crippen LogP contribution in [0.4, 0.5) is 11.5 Å². The van der Waals surface area contributed by atoms with Crippen molar-refractivity contribution in [3.05, 3.63) is 15.8 Å². The molecule has 0 saturated heterocycles. The molecule has 10 nitrogen and oxygen atoms in total. The molecule has 0 aromatic carbocycles. The molecule has 0 spiro atoms. The van der Waals surface area contributed by atoms with E-state index >= 15 is 0 Å². The Morgan fingerprint density at radius 1 is 1.43 bits per heavy atom. The van der Waals surface area contributed by atoms with E-state index in [-0.39, 0.29) is 23.1 Å². The van der Waals surface area contributed by atoms with Gasteiger partial charge >= 0.3 is 17.6 Å². The summed E-state index contributed by atoms with van der Waals surface area (Å²) in [5.74, 6) is -3.12. The van der Waals surface area contributed by atoms with Crippen LogP contribution in [0.2, 0.25) is 0 Å². The SMILES string of the molecule is CC(C)c1nn(C)c(NC(CC(=O)O)C(=O)O)c1[N+](=O)[O-]. The van der Waals surface area contributed by atoms with Gasteiger partial charge in [-0.1, -0.05) is 13.8 Å². The third kappa shape index (κ3) is 3.68. The summed E-state index contributed by atoms with van der Waals surface area (Å²) in [5, 5.41) is 35.2. The highest BCUT2D eigenvalue weighted by Crippen LogP contribution is 2.33. The van der Waals surface area contributed by atoms with Crippen LogP contribution in [0.25, 0.3) is 0 Å². The molecule has 1 heterocycles. The molecule has 0 amide bonds. The molecule has 0 aliphatic rings. The Hall–Kier alpha value is -2.65. The van der Waals surface area contributed by atoms with E-state index in [9.17, 15) is 19.7 Å². The smallest absolute Gasteiger partial charge is 0.334 e. The molecule has 1 aromatic heterocycles. The Morgan fingerprint density at radius 3 is 2.38 bits per heavy atom. The van der Waals surface area contributed by atoms with Crippen molar-refractivity contribution in [2.45, 2.75) is 32.2 Å². The highest BCUT2D eigenvalue weighted by Gasteiger charge is 2.32. The number of carboxylic acids is 2. The van der Waals surface area contributed by atoms with Crippen LogP contribution in [-0.2, 0) is 16.6 Å². The molecule has 0 fully saturated rings. The van der Waals surface area contributed by atoms with E-state index in [1.54, 1.807) is 13.8 Å². The van der Waals surface area contributed by atoms with Gasteiger partial charge in [-0.05, 0) is 0 Å². The van der Waals surface area contributed by atoms with E-state index in [4.69, 9.17) is 10.2 Å². The molecular weight excluding hydrogens is 284 g/mol. The van der Waals surface area contributed by atoms with Crippen LogP contribution in [0.15, 0.2) is 0 Å². The quantitative estimate of drug-likeness (QED) is 0.494. The number of hydrogen-bond acceptors (Lipinski definition) is 6. The zero-order valence-corrected chi connectivity index (χ0v) is 11.7. The molecule has 0 bridgehead atoms. The molecule has 21 heavy (non-hydrogen) atoms. The summed E-state index contributed by atoms with van der Waals surface area (Å²) in [4.78, 5) is 32.2. The van der Waals surface area contributed by atoms with Crippen LogP contribution >= 0.6 is 0 Å². The second-order valence-electron chi connectivity index (χ2n) is 4.75. The summed E-state index contributed by atoms with van der Waals surface area (Å²) in [5.41, 5.74) is -0.145. The predicted octanol–water partition coefficient (Wildman–Crippen LogP) is 0.792. The lowest BCUT2D eigenvalue weighted by Crippen LogP contribution is -2.32. The molecular formula is C11H16N4O6. The van der Waals surface area contributed by atoms with E-state index in [1.807, 2.05) is 0 Å². The third-order valence-corrected chi connectivity index (χ3v) is 2.77. The lowest BCUT2D eigenvalue weighted by molar-refractivity contribution is -0.384. The van der Waals surface area contributed by atoms with Crippen LogP contribution in [0.1, 0.15) is 31.9 Å². The van der Waals surface area contributed by atoms with Gasteiger partial charge in [0.2, 0.25) is 5.82 Å². The number of carboxylic acid groups (broad SMARTS) is 2. The molecule has 3 N–H and O–H groups in total. The fourth-order valence-corrected chi connectivity index (χ4v) is 1.80. The molecule has 1 atom stereocenters. The summed E-state index contributed by atoms with van der Waals surface area (Å²) in [6.45, 7) is 3.43. The number of aromatic nitrogens is 2. The monoisotopic (exact) mass is 300 g/mol. The highest BCUT2D eigenvalue weighted by atomic mass is 16.6. The van der Waals surface area contributed by atoms with Crippen molar-refractivity contribution in [3.8, 4) is 0 Å². The molecule has 0 aliphatic heterocycles. The van der Waals surface area contributed by atoms with Crippen molar-refractivity contribution < 1.29 is 24.7 Å².